The average molecular weight is 253 g/mol. The maximum Gasteiger partial charge on any atom is 0.101 e. The van der Waals surface area contributed by atoms with Crippen molar-refractivity contribution in [1.82, 2.24) is 0 Å². The predicted molar refractivity (Wildman–Crippen MR) is 70.3 cm³/mol. The number of hydrogen-bond donors (Lipinski definition) is 1. The first kappa shape index (κ1) is 13.8. The van der Waals surface area contributed by atoms with Crippen LogP contribution < -0.4 is 5.32 Å². The molecule has 0 radical (unpaired) electrons. The van der Waals surface area contributed by atoms with Crippen LogP contribution in [0.25, 0.3) is 0 Å². The molecule has 0 aliphatic rings. The molecule has 3 nitrogen and oxygen atoms in total. The van der Waals surface area contributed by atoms with Crippen molar-refractivity contribution in [2.75, 3.05) is 19.0 Å². The van der Waals surface area contributed by atoms with Gasteiger partial charge < -0.3 is 10.1 Å². The second kappa shape index (κ2) is 6.48. The van der Waals surface area contributed by atoms with Crippen LogP contribution in [0.4, 0.5) is 5.69 Å². The molecule has 92 valence electrons. The number of halogens is 1. The van der Waals surface area contributed by atoms with Crippen LogP contribution in [0.2, 0.25) is 5.02 Å². The standard InChI is InChI=1S/C13H17ClN2O/c1-9(2)13(8-17-3)16-12-5-4-11(14)6-10(12)7-15/h4-6,9,13,16H,8H2,1-3H3. The molecule has 0 fully saturated rings. The lowest BCUT2D eigenvalue weighted by Gasteiger charge is -2.23. The third kappa shape index (κ3) is 3.92. The third-order valence-electron chi connectivity index (χ3n) is 2.59. The van der Waals surface area contributed by atoms with Crippen LogP contribution in [0.1, 0.15) is 19.4 Å². The number of rotatable bonds is 5. The number of hydrogen-bond acceptors (Lipinski definition) is 3. The number of nitrogens with zero attached hydrogens (tertiary/aromatic N) is 1. The van der Waals surface area contributed by atoms with Gasteiger partial charge in [0.2, 0.25) is 0 Å². The molecule has 0 aliphatic heterocycles. The van der Waals surface area contributed by atoms with Crippen molar-refractivity contribution in [3.8, 4) is 6.07 Å². The fourth-order valence-corrected chi connectivity index (χ4v) is 1.69. The Morgan fingerprint density at radius 1 is 1.47 bits per heavy atom. The lowest BCUT2D eigenvalue weighted by atomic mass is 10.0. The van der Waals surface area contributed by atoms with E-state index < -0.39 is 0 Å². The average Bonchev–Trinajstić information content (AvgIpc) is 2.30. The minimum atomic E-state index is 0.174. The van der Waals surface area contributed by atoms with Gasteiger partial charge >= 0.3 is 0 Å². The lowest BCUT2D eigenvalue weighted by Crippen LogP contribution is -2.30. The van der Waals surface area contributed by atoms with Crippen LogP contribution in [0.15, 0.2) is 18.2 Å². The number of nitrogens with one attached hydrogen (secondary N) is 1. The van der Waals surface area contributed by atoms with Gasteiger partial charge in [0, 0.05) is 12.1 Å². The highest BCUT2D eigenvalue weighted by Gasteiger charge is 2.14. The monoisotopic (exact) mass is 252 g/mol. The number of anilines is 1. The molecule has 0 amide bonds. The fourth-order valence-electron chi connectivity index (χ4n) is 1.51. The van der Waals surface area contributed by atoms with Crippen LogP contribution in [-0.4, -0.2) is 19.8 Å². The molecule has 1 N–H and O–H groups in total. The summed E-state index contributed by atoms with van der Waals surface area (Å²) in [5.74, 6) is 0.414. The normalized spacial score (nSPS) is 12.2. The number of ether oxygens (including phenoxy) is 1. The highest BCUT2D eigenvalue weighted by atomic mass is 35.5. The summed E-state index contributed by atoms with van der Waals surface area (Å²) in [6, 6.07) is 7.57. The van der Waals surface area contributed by atoms with E-state index in [2.05, 4.69) is 25.2 Å². The second-order valence-corrected chi connectivity index (χ2v) is 4.69. The maximum atomic E-state index is 9.04. The summed E-state index contributed by atoms with van der Waals surface area (Å²) in [6.45, 7) is 4.82. The van der Waals surface area contributed by atoms with Gasteiger partial charge in [0.1, 0.15) is 6.07 Å². The summed E-state index contributed by atoms with van der Waals surface area (Å²) in [7, 11) is 1.67. The van der Waals surface area contributed by atoms with Gasteiger partial charge in [-0.2, -0.15) is 5.26 Å². The van der Waals surface area contributed by atoms with E-state index in [1.807, 2.05) is 6.07 Å². The zero-order chi connectivity index (χ0) is 12.8. The molecule has 0 saturated carbocycles. The molecule has 0 aromatic heterocycles. The van der Waals surface area contributed by atoms with E-state index in [0.717, 1.165) is 5.69 Å². The van der Waals surface area contributed by atoms with E-state index in [-0.39, 0.29) is 6.04 Å². The molecule has 17 heavy (non-hydrogen) atoms. The first-order chi connectivity index (χ1) is 8.08. The Morgan fingerprint density at radius 2 is 2.18 bits per heavy atom. The number of nitriles is 1. The first-order valence-electron chi connectivity index (χ1n) is 5.53. The van der Waals surface area contributed by atoms with Gasteiger partial charge in [0.05, 0.1) is 23.9 Å². The molecule has 4 heteroatoms. The summed E-state index contributed by atoms with van der Waals surface area (Å²) in [5, 5.41) is 12.9. The molecule has 0 heterocycles. The minimum absolute atomic E-state index is 0.174. The molecule has 0 aliphatic carbocycles. The Balaban J connectivity index is 2.89. The Labute approximate surface area is 107 Å². The van der Waals surface area contributed by atoms with Gasteiger partial charge in [-0.25, -0.2) is 0 Å². The van der Waals surface area contributed by atoms with Gasteiger partial charge in [-0.05, 0) is 24.1 Å². The largest absolute Gasteiger partial charge is 0.383 e. The Hall–Kier alpha value is -1.24. The maximum absolute atomic E-state index is 9.04. The van der Waals surface area contributed by atoms with Crippen molar-refractivity contribution in [3.05, 3.63) is 28.8 Å². The summed E-state index contributed by atoms with van der Waals surface area (Å²) < 4.78 is 5.16. The van der Waals surface area contributed by atoms with Crippen LogP contribution >= 0.6 is 11.6 Å². The molecule has 1 rings (SSSR count). The smallest absolute Gasteiger partial charge is 0.101 e. The van der Waals surface area contributed by atoms with Crippen molar-refractivity contribution in [2.24, 2.45) is 5.92 Å². The van der Waals surface area contributed by atoms with Crippen molar-refractivity contribution in [3.63, 3.8) is 0 Å². The van der Waals surface area contributed by atoms with Crippen molar-refractivity contribution in [1.29, 1.82) is 5.26 Å². The molecule has 0 saturated heterocycles. The van der Waals surface area contributed by atoms with E-state index in [1.54, 1.807) is 19.2 Å². The second-order valence-electron chi connectivity index (χ2n) is 4.25. The Kier molecular flexibility index (Phi) is 5.27. The summed E-state index contributed by atoms with van der Waals surface area (Å²) in [4.78, 5) is 0. The van der Waals surface area contributed by atoms with E-state index >= 15 is 0 Å². The quantitative estimate of drug-likeness (QED) is 0.875. The molecule has 1 aromatic rings. The number of benzene rings is 1. The summed E-state index contributed by atoms with van der Waals surface area (Å²) >= 11 is 5.85. The minimum Gasteiger partial charge on any atom is -0.383 e. The van der Waals surface area contributed by atoms with Crippen LogP contribution in [-0.2, 0) is 4.74 Å². The van der Waals surface area contributed by atoms with Crippen LogP contribution in [0, 0.1) is 17.2 Å². The van der Waals surface area contributed by atoms with E-state index in [9.17, 15) is 0 Å². The zero-order valence-electron chi connectivity index (χ0n) is 10.3. The Bertz CT molecular complexity index is 412. The van der Waals surface area contributed by atoms with Crippen molar-refractivity contribution >= 4 is 17.3 Å². The van der Waals surface area contributed by atoms with Crippen LogP contribution in [0.5, 0.6) is 0 Å². The highest BCUT2D eigenvalue weighted by Crippen LogP contribution is 2.22. The van der Waals surface area contributed by atoms with Gasteiger partial charge in [0.25, 0.3) is 0 Å². The summed E-state index contributed by atoms with van der Waals surface area (Å²) in [5.41, 5.74) is 1.35. The van der Waals surface area contributed by atoms with E-state index in [4.69, 9.17) is 21.6 Å². The van der Waals surface area contributed by atoms with Gasteiger partial charge in [0.15, 0.2) is 0 Å². The van der Waals surface area contributed by atoms with Gasteiger partial charge in [-0.15, -0.1) is 0 Å². The molecule has 0 spiro atoms. The molecular weight excluding hydrogens is 236 g/mol. The van der Waals surface area contributed by atoms with E-state index in [0.29, 0.717) is 23.1 Å². The molecule has 0 bridgehead atoms. The SMILES string of the molecule is COCC(Nc1ccc(Cl)cc1C#N)C(C)C. The third-order valence-corrected chi connectivity index (χ3v) is 2.83. The van der Waals surface area contributed by atoms with Crippen molar-refractivity contribution in [2.45, 2.75) is 19.9 Å². The van der Waals surface area contributed by atoms with Crippen LogP contribution in [0.3, 0.4) is 0 Å². The highest BCUT2D eigenvalue weighted by molar-refractivity contribution is 6.30. The predicted octanol–water partition coefficient (Wildman–Crippen LogP) is 3.29. The Morgan fingerprint density at radius 3 is 2.71 bits per heavy atom. The number of methoxy groups -OCH3 is 1. The van der Waals surface area contributed by atoms with Gasteiger partial charge in [-0.1, -0.05) is 25.4 Å². The molecule has 1 atom stereocenters. The molecule has 1 aromatic carbocycles. The topological polar surface area (TPSA) is 45.0 Å². The fraction of sp³-hybridized carbons (Fsp3) is 0.462. The lowest BCUT2D eigenvalue weighted by molar-refractivity contribution is 0.171. The van der Waals surface area contributed by atoms with E-state index in [1.165, 1.54) is 0 Å². The van der Waals surface area contributed by atoms with Crippen molar-refractivity contribution < 1.29 is 4.74 Å². The zero-order valence-corrected chi connectivity index (χ0v) is 11.1. The molecule has 1 unspecified atom stereocenters. The first-order valence-corrected chi connectivity index (χ1v) is 5.91. The van der Waals surface area contributed by atoms with Gasteiger partial charge in [-0.3, -0.25) is 0 Å². The summed E-state index contributed by atoms with van der Waals surface area (Å²) in [6.07, 6.45) is 0. The molecular formula is C13H17ClN2O.